The van der Waals surface area contributed by atoms with Crippen molar-refractivity contribution in [2.24, 2.45) is 7.05 Å². The second-order valence-corrected chi connectivity index (χ2v) is 9.67. The topological polar surface area (TPSA) is 96.8 Å². The van der Waals surface area contributed by atoms with Crippen molar-refractivity contribution in [1.29, 1.82) is 0 Å². The number of aromatic nitrogens is 2. The van der Waals surface area contributed by atoms with Crippen molar-refractivity contribution in [1.82, 2.24) is 23.7 Å². The molecule has 162 valence electrons. The van der Waals surface area contributed by atoms with Crippen LogP contribution in [0.4, 0.5) is 0 Å². The Morgan fingerprint density at radius 1 is 1.20 bits per heavy atom. The average molecular weight is 434 g/mol. The summed E-state index contributed by atoms with van der Waals surface area (Å²) in [6, 6.07) is 7.44. The van der Waals surface area contributed by atoms with E-state index in [1.807, 2.05) is 24.3 Å². The molecule has 1 aromatic heterocycles. The van der Waals surface area contributed by atoms with Crippen molar-refractivity contribution in [3.8, 4) is 5.75 Å². The molecule has 0 radical (unpaired) electrons. The summed E-state index contributed by atoms with van der Waals surface area (Å²) in [5.74, 6) is -0.129. The first-order chi connectivity index (χ1) is 14.4. The maximum Gasteiger partial charge on any atom is 0.282 e. The van der Waals surface area contributed by atoms with Gasteiger partial charge in [0.2, 0.25) is 5.91 Å². The Morgan fingerprint density at radius 3 is 2.57 bits per heavy atom. The molecule has 1 saturated heterocycles. The molecule has 2 aliphatic heterocycles. The zero-order valence-electron chi connectivity index (χ0n) is 17.2. The fourth-order valence-corrected chi connectivity index (χ4v) is 5.72. The van der Waals surface area contributed by atoms with Gasteiger partial charge in [-0.3, -0.25) is 9.48 Å². The predicted octanol–water partition coefficient (Wildman–Crippen LogP) is 0.985. The van der Waals surface area contributed by atoms with Crippen LogP contribution >= 0.6 is 0 Å². The van der Waals surface area contributed by atoms with Gasteiger partial charge in [0.15, 0.2) is 0 Å². The minimum atomic E-state index is -3.60. The Morgan fingerprint density at radius 2 is 1.90 bits per heavy atom. The molecule has 3 heterocycles. The molecule has 1 fully saturated rings. The van der Waals surface area contributed by atoms with Crippen LogP contribution in [0.1, 0.15) is 35.6 Å². The van der Waals surface area contributed by atoms with Crippen LogP contribution in [0.2, 0.25) is 0 Å². The lowest BCUT2D eigenvalue weighted by Crippen LogP contribution is -2.48. The van der Waals surface area contributed by atoms with Crippen LogP contribution < -0.4 is 10.1 Å². The highest BCUT2D eigenvalue weighted by Crippen LogP contribution is 2.31. The van der Waals surface area contributed by atoms with Crippen molar-refractivity contribution < 1.29 is 17.9 Å². The van der Waals surface area contributed by atoms with E-state index in [4.69, 9.17) is 4.74 Å². The fraction of sp³-hybridized carbons (Fsp3) is 0.500. The van der Waals surface area contributed by atoms with Crippen LogP contribution in [0.15, 0.2) is 30.5 Å². The van der Waals surface area contributed by atoms with Crippen molar-refractivity contribution in [2.45, 2.75) is 31.8 Å². The van der Waals surface area contributed by atoms with Crippen molar-refractivity contribution >= 4 is 16.1 Å². The summed E-state index contributed by atoms with van der Waals surface area (Å²) in [5.41, 5.74) is 2.36. The molecule has 0 aliphatic carbocycles. The van der Waals surface area contributed by atoms with Gasteiger partial charge < -0.3 is 10.1 Å². The molecule has 0 unspecified atom stereocenters. The Hall–Kier alpha value is -2.43. The maximum atomic E-state index is 13.1. The molecule has 1 atom stereocenters. The van der Waals surface area contributed by atoms with E-state index < -0.39 is 16.1 Å². The number of rotatable bonds is 6. The first kappa shape index (κ1) is 20.8. The van der Waals surface area contributed by atoms with Crippen LogP contribution in [-0.4, -0.2) is 59.5 Å². The molecule has 1 amide bonds. The monoisotopic (exact) mass is 433 g/mol. The molecule has 2 aromatic rings. The van der Waals surface area contributed by atoms with Gasteiger partial charge in [0, 0.05) is 51.5 Å². The SMILES string of the molecule is COc1ccc(CNC(=O)[C@@H]2CN(S(=O)(=O)N3CCCC3)Cc3cn(C)nc32)cc1. The number of hydrogen-bond donors (Lipinski definition) is 1. The minimum Gasteiger partial charge on any atom is -0.497 e. The second-order valence-electron chi connectivity index (χ2n) is 7.74. The molecule has 0 bridgehead atoms. The first-order valence-electron chi connectivity index (χ1n) is 10.1. The van der Waals surface area contributed by atoms with Crippen LogP contribution in [0.5, 0.6) is 5.75 Å². The Bertz CT molecular complexity index is 1010. The van der Waals surface area contributed by atoms with Gasteiger partial charge in [0.05, 0.1) is 18.7 Å². The van der Waals surface area contributed by atoms with Crippen LogP contribution in [0.3, 0.4) is 0 Å². The number of carbonyl (C=O) groups is 1. The molecule has 4 rings (SSSR count). The van der Waals surface area contributed by atoms with E-state index in [9.17, 15) is 13.2 Å². The number of aryl methyl sites for hydroxylation is 1. The third kappa shape index (κ3) is 4.07. The summed E-state index contributed by atoms with van der Waals surface area (Å²) in [5, 5.41) is 7.38. The minimum absolute atomic E-state index is 0.0945. The molecule has 1 N–H and O–H groups in total. The molecular formula is C20H27N5O4S. The number of fused-ring (bicyclic) bond motifs is 1. The summed E-state index contributed by atoms with van der Waals surface area (Å²) < 4.78 is 35.9. The number of carbonyl (C=O) groups excluding carboxylic acids is 1. The lowest BCUT2D eigenvalue weighted by Gasteiger charge is -2.33. The van der Waals surface area contributed by atoms with Gasteiger partial charge in [-0.25, -0.2) is 0 Å². The molecule has 0 saturated carbocycles. The molecule has 9 nitrogen and oxygen atoms in total. The van der Waals surface area contributed by atoms with Crippen molar-refractivity contribution in [3.05, 3.63) is 47.3 Å². The molecule has 30 heavy (non-hydrogen) atoms. The van der Waals surface area contributed by atoms with Crippen LogP contribution in [0.25, 0.3) is 0 Å². The highest BCUT2D eigenvalue weighted by atomic mass is 32.2. The largest absolute Gasteiger partial charge is 0.497 e. The quantitative estimate of drug-likeness (QED) is 0.733. The van der Waals surface area contributed by atoms with E-state index in [0.29, 0.717) is 25.3 Å². The van der Waals surface area contributed by atoms with Gasteiger partial charge in [-0.2, -0.15) is 22.1 Å². The summed E-state index contributed by atoms with van der Waals surface area (Å²) in [6.07, 6.45) is 3.54. The third-order valence-corrected chi connectivity index (χ3v) is 7.61. The number of methoxy groups -OCH3 is 1. The average Bonchev–Trinajstić information content (AvgIpc) is 3.41. The lowest BCUT2D eigenvalue weighted by molar-refractivity contribution is -0.123. The predicted molar refractivity (Wildman–Crippen MR) is 111 cm³/mol. The number of ether oxygens (including phenoxy) is 1. The highest BCUT2D eigenvalue weighted by molar-refractivity contribution is 7.86. The third-order valence-electron chi connectivity index (χ3n) is 5.66. The standard InChI is InChI=1S/C20H27N5O4S/c1-23-12-16-13-25(30(27,28)24-9-3-4-10-24)14-18(19(16)22-23)20(26)21-11-15-5-7-17(29-2)8-6-15/h5-8,12,18H,3-4,9-11,13-14H2,1-2H3,(H,21,26)/t18-/m1/s1. The summed E-state index contributed by atoms with van der Waals surface area (Å²) in [4.78, 5) is 13.0. The van der Waals surface area contributed by atoms with Crippen LogP contribution in [-0.2, 0) is 35.1 Å². The highest BCUT2D eigenvalue weighted by Gasteiger charge is 2.40. The van der Waals surface area contributed by atoms with Crippen molar-refractivity contribution in [2.75, 3.05) is 26.7 Å². The zero-order valence-corrected chi connectivity index (χ0v) is 18.1. The number of amides is 1. The molecule has 2 aliphatic rings. The first-order valence-corrected chi connectivity index (χ1v) is 11.5. The van der Waals surface area contributed by atoms with E-state index >= 15 is 0 Å². The smallest absolute Gasteiger partial charge is 0.282 e. The van der Waals surface area contributed by atoms with E-state index in [2.05, 4.69) is 10.4 Å². The van der Waals surface area contributed by atoms with E-state index in [0.717, 1.165) is 29.7 Å². The van der Waals surface area contributed by atoms with Gasteiger partial charge in [-0.15, -0.1) is 0 Å². The van der Waals surface area contributed by atoms with Crippen LogP contribution in [0, 0.1) is 0 Å². The van der Waals surface area contributed by atoms with E-state index in [-0.39, 0.29) is 19.0 Å². The molecule has 10 heteroatoms. The van der Waals surface area contributed by atoms with Gasteiger partial charge in [0.1, 0.15) is 5.75 Å². The molecule has 1 aromatic carbocycles. The number of benzene rings is 1. The Balaban J connectivity index is 1.52. The van der Waals surface area contributed by atoms with E-state index in [1.165, 1.54) is 8.61 Å². The second kappa shape index (κ2) is 8.37. The summed E-state index contributed by atoms with van der Waals surface area (Å²) >= 11 is 0. The van der Waals surface area contributed by atoms with E-state index in [1.54, 1.807) is 25.0 Å². The van der Waals surface area contributed by atoms with Gasteiger partial charge in [-0.05, 0) is 30.5 Å². The number of nitrogens with one attached hydrogen (secondary N) is 1. The molecular weight excluding hydrogens is 406 g/mol. The number of hydrogen-bond acceptors (Lipinski definition) is 5. The van der Waals surface area contributed by atoms with Crippen molar-refractivity contribution in [3.63, 3.8) is 0 Å². The lowest BCUT2D eigenvalue weighted by atomic mass is 9.97. The Labute approximate surface area is 176 Å². The maximum absolute atomic E-state index is 13.1. The molecule has 0 spiro atoms. The van der Waals surface area contributed by atoms with Gasteiger partial charge in [0.25, 0.3) is 10.2 Å². The fourth-order valence-electron chi connectivity index (χ4n) is 4.04. The normalized spacial score (nSPS) is 20.1. The Kier molecular flexibility index (Phi) is 5.81. The summed E-state index contributed by atoms with van der Waals surface area (Å²) in [6.45, 7) is 1.75. The van der Waals surface area contributed by atoms with Gasteiger partial charge in [-0.1, -0.05) is 12.1 Å². The van der Waals surface area contributed by atoms with Gasteiger partial charge >= 0.3 is 0 Å². The number of nitrogens with zero attached hydrogens (tertiary/aromatic N) is 4. The summed E-state index contributed by atoms with van der Waals surface area (Å²) in [7, 11) is -0.216. The zero-order chi connectivity index (χ0) is 21.3.